The molecule has 7 nitrogen and oxygen atoms in total. The summed E-state index contributed by atoms with van der Waals surface area (Å²) in [6.07, 6.45) is 0. The second kappa shape index (κ2) is 11.0. The first-order valence-corrected chi connectivity index (χ1v) is 16.5. The summed E-state index contributed by atoms with van der Waals surface area (Å²) in [4.78, 5) is 0. The van der Waals surface area contributed by atoms with E-state index in [1.807, 2.05) is 23.5 Å². The van der Waals surface area contributed by atoms with Gasteiger partial charge >= 0.3 is 0 Å². The van der Waals surface area contributed by atoms with Gasteiger partial charge in [0.25, 0.3) is 0 Å². The maximum absolute atomic E-state index is 7.07. The van der Waals surface area contributed by atoms with Gasteiger partial charge in [-0.05, 0) is 197 Å². The van der Waals surface area contributed by atoms with Crippen LogP contribution in [-0.4, -0.2) is 30.0 Å². The smallest absolute Gasteiger partial charge is 0.133 e. The van der Waals surface area contributed by atoms with Crippen molar-refractivity contribution in [2.45, 2.75) is 96.9 Å². The molecule has 0 spiro atoms. The highest BCUT2D eigenvalue weighted by Crippen LogP contribution is 2.48. The highest BCUT2D eigenvalue weighted by atomic mass is 16.5. The van der Waals surface area contributed by atoms with Crippen LogP contribution in [0.2, 0.25) is 0 Å². The first-order valence-electron chi connectivity index (χ1n) is 16.5. The molecular formula is C40H48N6O. The Balaban J connectivity index is 1.54. The van der Waals surface area contributed by atoms with Crippen LogP contribution in [0.5, 0.6) is 11.5 Å². The van der Waals surface area contributed by atoms with Gasteiger partial charge in [-0.3, -0.25) is 0 Å². The highest BCUT2D eigenvalue weighted by Gasteiger charge is 2.27. The predicted octanol–water partition coefficient (Wildman–Crippen LogP) is 9.69. The zero-order chi connectivity index (χ0) is 34.5. The van der Waals surface area contributed by atoms with Crippen molar-refractivity contribution in [3.8, 4) is 33.8 Å². The number of ether oxygens (including phenoxy) is 1. The molecule has 2 aromatic heterocycles. The van der Waals surface area contributed by atoms with Crippen molar-refractivity contribution in [2.75, 3.05) is 0 Å². The van der Waals surface area contributed by atoms with E-state index in [9.17, 15) is 0 Å². The van der Waals surface area contributed by atoms with Crippen LogP contribution >= 0.6 is 0 Å². The molecule has 0 aliphatic carbocycles. The van der Waals surface area contributed by atoms with Gasteiger partial charge in [0.05, 0.1) is 11.0 Å². The third kappa shape index (κ3) is 4.38. The molecule has 47 heavy (non-hydrogen) atoms. The summed E-state index contributed by atoms with van der Waals surface area (Å²) in [5, 5.41) is 17.8. The van der Waals surface area contributed by atoms with Crippen molar-refractivity contribution in [2.24, 2.45) is 14.1 Å². The molecule has 6 rings (SSSR count). The number of fused-ring (bicyclic) bond motifs is 2. The van der Waals surface area contributed by atoms with Crippen molar-refractivity contribution < 1.29 is 4.74 Å². The molecule has 7 heteroatoms. The molecule has 0 unspecified atom stereocenters. The van der Waals surface area contributed by atoms with E-state index in [-0.39, 0.29) is 0 Å². The Hall–Kier alpha value is -4.52. The van der Waals surface area contributed by atoms with Gasteiger partial charge in [-0.1, -0.05) is 10.4 Å². The third-order valence-electron chi connectivity index (χ3n) is 11.5. The molecule has 0 saturated carbocycles. The molecule has 0 saturated heterocycles. The maximum atomic E-state index is 7.07. The Bertz CT molecular complexity index is 2110. The summed E-state index contributed by atoms with van der Waals surface area (Å²) >= 11 is 0. The van der Waals surface area contributed by atoms with Crippen LogP contribution in [0.4, 0.5) is 0 Å². The van der Waals surface area contributed by atoms with E-state index in [2.05, 4.69) is 118 Å². The Morgan fingerprint density at radius 1 is 0.340 bits per heavy atom. The molecule has 244 valence electrons. The Morgan fingerprint density at radius 2 is 0.596 bits per heavy atom. The molecule has 6 aromatic rings. The van der Waals surface area contributed by atoms with Gasteiger partial charge in [-0.15, -0.1) is 10.2 Å². The van der Waals surface area contributed by atoms with Crippen molar-refractivity contribution in [1.29, 1.82) is 0 Å². The van der Waals surface area contributed by atoms with E-state index >= 15 is 0 Å². The van der Waals surface area contributed by atoms with Gasteiger partial charge in [0.2, 0.25) is 0 Å². The van der Waals surface area contributed by atoms with Crippen LogP contribution in [0.1, 0.15) is 77.9 Å². The van der Waals surface area contributed by atoms with Gasteiger partial charge in [-0.2, -0.15) is 0 Å². The molecular weight excluding hydrogens is 580 g/mol. The number of hydrogen-bond acceptors (Lipinski definition) is 5. The van der Waals surface area contributed by atoms with E-state index < -0.39 is 0 Å². The molecule has 4 aromatic carbocycles. The predicted molar refractivity (Wildman–Crippen MR) is 194 cm³/mol. The van der Waals surface area contributed by atoms with E-state index in [1.165, 1.54) is 77.9 Å². The first-order chi connectivity index (χ1) is 22.0. The molecule has 0 aliphatic rings. The number of nitrogens with zero attached hydrogens (tertiary/aromatic N) is 6. The van der Waals surface area contributed by atoms with Crippen LogP contribution in [0.25, 0.3) is 44.3 Å². The average Bonchev–Trinajstić information content (AvgIpc) is 3.62. The lowest BCUT2D eigenvalue weighted by Crippen LogP contribution is -2.07. The van der Waals surface area contributed by atoms with Gasteiger partial charge in [0, 0.05) is 14.1 Å². The van der Waals surface area contributed by atoms with Crippen molar-refractivity contribution >= 4 is 22.1 Å². The quantitative estimate of drug-likeness (QED) is 0.194. The second-order valence-corrected chi connectivity index (χ2v) is 13.8. The normalized spacial score (nSPS) is 11.8. The first kappa shape index (κ1) is 32.4. The number of benzene rings is 4. The number of aromatic nitrogens is 6. The van der Waals surface area contributed by atoms with Crippen LogP contribution < -0.4 is 4.74 Å². The largest absolute Gasteiger partial charge is 0.456 e. The minimum absolute atomic E-state index is 0.943. The molecule has 0 radical (unpaired) electrons. The van der Waals surface area contributed by atoms with Gasteiger partial charge in [-0.25, -0.2) is 9.36 Å². The average molecular weight is 629 g/mol. The molecule has 0 atom stereocenters. The maximum Gasteiger partial charge on any atom is 0.133 e. The van der Waals surface area contributed by atoms with Crippen molar-refractivity contribution in [1.82, 2.24) is 30.0 Å². The Kier molecular flexibility index (Phi) is 7.61. The monoisotopic (exact) mass is 628 g/mol. The molecule has 0 bridgehead atoms. The lowest BCUT2D eigenvalue weighted by atomic mass is 9.82. The standard InChI is InChI=1S/C40H48N6O/c1-17-23(7)37-35(41-43-45(37)15)29(13)33(17)31-19(3)25(9)39(26(10)20(31)4)47-40-27(11)21(5)32(22(6)28(40)12)34-18(2)24(8)38-36(30(34)14)42-44-46(38)16/h1-16H3. The third-order valence-corrected chi connectivity index (χ3v) is 11.5. The fourth-order valence-corrected chi connectivity index (χ4v) is 8.05. The van der Waals surface area contributed by atoms with E-state index in [0.29, 0.717) is 0 Å². The summed E-state index contributed by atoms with van der Waals surface area (Å²) < 4.78 is 10.8. The lowest BCUT2D eigenvalue weighted by molar-refractivity contribution is 0.466. The van der Waals surface area contributed by atoms with Crippen LogP contribution in [0.15, 0.2) is 0 Å². The number of rotatable bonds is 4. The van der Waals surface area contributed by atoms with E-state index in [4.69, 9.17) is 4.74 Å². The fraction of sp³-hybridized carbons (Fsp3) is 0.400. The summed E-state index contributed by atoms with van der Waals surface area (Å²) in [6.45, 7) is 30.9. The Morgan fingerprint density at radius 3 is 0.894 bits per heavy atom. The molecule has 2 heterocycles. The van der Waals surface area contributed by atoms with Crippen LogP contribution in [0, 0.1) is 96.9 Å². The van der Waals surface area contributed by atoms with Gasteiger partial charge < -0.3 is 4.74 Å². The van der Waals surface area contributed by atoms with Crippen LogP contribution in [-0.2, 0) is 14.1 Å². The van der Waals surface area contributed by atoms with Crippen molar-refractivity contribution in [3.05, 3.63) is 77.9 Å². The molecule has 0 amide bonds. The number of aryl methyl sites for hydroxylation is 6. The van der Waals surface area contributed by atoms with Gasteiger partial charge in [0.1, 0.15) is 22.5 Å². The molecule has 0 fully saturated rings. The van der Waals surface area contributed by atoms with Crippen molar-refractivity contribution in [3.63, 3.8) is 0 Å². The van der Waals surface area contributed by atoms with E-state index in [1.54, 1.807) is 0 Å². The Labute approximate surface area is 279 Å². The van der Waals surface area contributed by atoms with E-state index in [0.717, 1.165) is 55.8 Å². The zero-order valence-electron chi connectivity index (χ0n) is 31.1. The summed E-state index contributed by atoms with van der Waals surface area (Å²) in [5.41, 5.74) is 26.1. The second-order valence-electron chi connectivity index (χ2n) is 13.8. The van der Waals surface area contributed by atoms with Gasteiger partial charge in [0.15, 0.2) is 0 Å². The minimum atomic E-state index is 0.943. The topological polar surface area (TPSA) is 70.7 Å². The summed E-state index contributed by atoms with van der Waals surface area (Å²) in [5.74, 6) is 1.89. The molecule has 0 N–H and O–H groups in total. The minimum Gasteiger partial charge on any atom is -0.456 e. The summed E-state index contributed by atoms with van der Waals surface area (Å²) in [6, 6.07) is 0. The summed E-state index contributed by atoms with van der Waals surface area (Å²) in [7, 11) is 3.94. The van der Waals surface area contributed by atoms with Crippen LogP contribution in [0.3, 0.4) is 0 Å². The number of hydrogen-bond donors (Lipinski definition) is 0. The molecule has 0 aliphatic heterocycles. The fourth-order valence-electron chi connectivity index (χ4n) is 8.05. The highest BCUT2D eigenvalue weighted by molar-refractivity contribution is 5.95. The SMILES string of the molecule is Cc1c(C)c(-c2c(C)c(C)c3c(nnn3C)c2C)c(C)c(C)c1Oc1c(C)c(C)c(-c2c(C)c(C)c3c(nnn3C)c2C)c(C)c1C. The lowest BCUT2D eigenvalue weighted by Gasteiger charge is -2.27. The zero-order valence-corrected chi connectivity index (χ0v) is 31.1.